The van der Waals surface area contributed by atoms with E-state index in [-0.39, 0.29) is 17.7 Å². The molecule has 0 spiro atoms. The summed E-state index contributed by atoms with van der Waals surface area (Å²) >= 11 is 0. The Morgan fingerprint density at radius 3 is 2.38 bits per heavy atom. The van der Waals surface area contributed by atoms with E-state index in [9.17, 15) is 18.0 Å². The van der Waals surface area contributed by atoms with E-state index in [0.29, 0.717) is 12.0 Å². The third-order valence-corrected chi connectivity index (χ3v) is 4.15. The van der Waals surface area contributed by atoms with Crippen LogP contribution in [0.15, 0.2) is 53.5 Å². The van der Waals surface area contributed by atoms with Gasteiger partial charge in [-0.2, -0.15) is 13.2 Å². The van der Waals surface area contributed by atoms with Crippen molar-refractivity contribution in [3.63, 3.8) is 0 Å². The Morgan fingerprint density at radius 2 is 1.81 bits per heavy atom. The van der Waals surface area contributed by atoms with Crippen molar-refractivity contribution in [2.24, 2.45) is 0 Å². The number of alkyl halides is 3. The number of hydrogen-bond donors (Lipinski definition) is 0. The summed E-state index contributed by atoms with van der Waals surface area (Å²) in [5, 5.41) is 0. The van der Waals surface area contributed by atoms with Crippen LogP contribution in [-0.2, 0) is 12.7 Å². The van der Waals surface area contributed by atoms with Crippen LogP contribution in [0.3, 0.4) is 0 Å². The molecule has 0 aliphatic carbocycles. The molecule has 0 atom stereocenters. The first-order valence-electron chi connectivity index (χ1n) is 8.91. The molecule has 0 aliphatic heterocycles. The van der Waals surface area contributed by atoms with Crippen molar-refractivity contribution in [3.05, 3.63) is 75.7 Å². The molecule has 0 saturated heterocycles. The smallest absolute Gasteiger partial charge is 0.310 e. The van der Waals surface area contributed by atoms with Gasteiger partial charge in [0.15, 0.2) is 0 Å². The highest BCUT2D eigenvalue weighted by atomic mass is 19.4. The first-order valence-corrected chi connectivity index (χ1v) is 8.91. The zero-order valence-corrected chi connectivity index (χ0v) is 15.1. The van der Waals surface area contributed by atoms with E-state index in [1.165, 1.54) is 4.57 Å². The van der Waals surface area contributed by atoms with Gasteiger partial charge in [-0.05, 0) is 30.0 Å². The van der Waals surface area contributed by atoms with Crippen molar-refractivity contribution < 1.29 is 13.2 Å². The molecular formula is C21H24F3NO. The normalized spacial score (nSPS) is 12.4. The van der Waals surface area contributed by atoms with Gasteiger partial charge in [-0.15, -0.1) is 0 Å². The van der Waals surface area contributed by atoms with Crippen LogP contribution in [0.25, 0.3) is 5.57 Å². The highest BCUT2D eigenvalue weighted by Crippen LogP contribution is 2.31. The van der Waals surface area contributed by atoms with Crippen LogP contribution in [0.4, 0.5) is 13.2 Å². The molecule has 0 fully saturated rings. The van der Waals surface area contributed by atoms with Gasteiger partial charge >= 0.3 is 6.18 Å². The predicted octanol–water partition coefficient (Wildman–Crippen LogP) is 5.90. The maximum atomic E-state index is 13.4. The van der Waals surface area contributed by atoms with Crippen molar-refractivity contribution in [2.75, 3.05) is 0 Å². The Bertz CT molecular complexity index is 804. The van der Waals surface area contributed by atoms with Crippen LogP contribution in [0.1, 0.15) is 56.2 Å². The van der Waals surface area contributed by atoms with E-state index in [4.69, 9.17) is 0 Å². The molecule has 0 amide bonds. The largest absolute Gasteiger partial charge is 0.417 e. The molecule has 1 aromatic carbocycles. The van der Waals surface area contributed by atoms with E-state index < -0.39 is 11.7 Å². The van der Waals surface area contributed by atoms with Crippen molar-refractivity contribution in [1.29, 1.82) is 0 Å². The van der Waals surface area contributed by atoms with E-state index in [1.54, 1.807) is 24.3 Å². The molecular weight excluding hydrogens is 339 g/mol. The summed E-state index contributed by atoms with van der Waals surface area (Å²) in [4.78, 5) is 12.9. The molecule has 0 radical (unpaired) electrons. The minimum Gasteiger partial charge on any atom is -0.310 e. The van der Waals surface area contributed by atoms with Gasteiger partial charge in [-0.25, -0.2) is 0 Å². The Morgan fingerprint density at radius 1 is 1.12 bits per heavy atom. The molecule has 2 aromatic rings. The summed E-state index contributed by atoms with van der Waals surface area (Å²) in [6, 6.07) is 10.0. The van der Waals surface area contributed by atoms with E-state index in [2.05, 4.69) is 0 Å². The molecule has 26 heavy (non-hydrogen) atoms. The monoisotopic (exact) mass is 363 g/mol. The fraction of sp³-hybridized carbons (Fsp3) is 0.381. The molecule has 2 rings (SSSR count). The number of aromatic nitrogens is 1. The van der Waals surface area contributed by atoms with Crippen molar-refractivity contribution in [3.8, 4) is 0 Å². The maximum absolute atomic E-state index is 13.4. The third-order valence-electron chi connectivity index (χ3n) is 4.15. The lowest BCUT2D eigenvalue weighted by atomic mass is 9.99. The third kappa shape index (κ3) is 5.10. The molecule has 0 bridgehead atoms. The quantitative estimate of drug-likeness (QED) is 0.600. The fourth-order valence-electron chi connectivity index (χ4n) is 2.85. The molecule has 140 valence electrons. The van der Waals surface area contributed by atoms with Gasteiger partial charge in [-0.3, -0.25) is 4.79 Å². The zero-order chi connectivity index (χ0) is 19.2. The lowest BCUT2D eigenvalue weighted by molar-refractivity contribution is -0.138. The number of benzene rings is 1. The Hall–Kier alpha value is -2.30. The molecule has 0 aliphatic rings. The molecule has 1 aromatic heterocycles. The number of halogens is 3. The maximum Gasteiger partial charge on any atom is 0.417 e. The van der Waals surface area contributed by atoms with Crippen LogP contribution in [0, 0.1) is 0 Å². The second-order valence-corrected chi connectivity index (χ2v) is 6.33. The number of nitrogens with zero attached hydrogens (tertiary/aromatic N) is 1. The van der Waals surface area contributed by atoms with Gasteiger partial charge in [0, 0.05) is 11.8 Å². The van der Waals surface area contributed by atoms with Crippen molar-refractivity contribution in [2.45, 2.75) is 52.3 Å². The first-order chi connectivity index (χ1) is 12.4. The second kappa shape index (κ2) is 8.88. The summed E-state index contributed by atoms with van der Waals surface area (Å²) in [5.41, 5.74) is 0.479. The molecule has 1 heterocycles. The molecule has 2 nitrogen and oxygen atoms in total. The number of hydrogen-bond acceptors (Lipinski definition) is 1. The predicted molar refractivity (Wildman–Crippen MR) is 99.0 cm³/mol. The number of allylic oxidation sites excluding steroid dienone is 2. The summed E-state index contributed by atoms with van der Waals surface area (Å²) in [5.74, 6) is 0. The van der Waals surface area contributed by atoms with Crippen molar-refractivity contribution >= 4 is 5.57 Å². The minimum atomic E-state index is -4.50. The highest BCUT2D eigenvalue weighted by Gasteiger charge is 2.32. The number of unbranched alkanes of at least 4 members (excludes halogenated alkanes) is 1. The molecule has 0 unspecified atom stereocenters. The van der Waals surface area contributed by atoms with Gasteiger partial charge in [0.2, 0.25) is 0 Å². The number of rotatable bonds is 7. The number of pyridine rings is 1. The van der Waals surface area contributed by atoms with Gasteiger partial charge in [0.1, 0.15) is 0 Å². The first kappa shape index (κ1) is 20.0. The lowest BCUT2D eigenvalue weighted by Crippen LogP contribution is -2.26. The highest BCUT2D eigenvalue weighted by molar-refractivity contribution is 5.65. The lowest BCUT2D eigenvalue weighted by Gasteiger charge is -2.15. The summed E-state index contributed by atoms with van der Waals surface area (Å²) in [7, 11) is 0. The van der Waals surface area contributed by atoms with E-state index in [1.807, 2.05) is 26.0 Å². The van der Waals surface area contributed by atoms with E-state index >= 15 is 0 Å². The van der Waals surface area contributed by atoms with Crippen LogP contribution in [0.5, 0.6) is 0 Å². The minimum absolute atomic E-state index is 0.115. The van der Waals surface area contributed by atoms with Crippen molar-refractivity contribution in [1.82, 2.24) is 4.57 Å². The Balaban J connectivity index is 2.59. The van der Waals surface area contributed by atoms with Gasteiger partial charge < -0.3 is 4.57 Å². The van der Waals surface area contributed by atoms with Gasteiger partial charge in [0.25, 0.3) is 5.56 Å². The Labute approximate surface area is 152 Å². The van der Waals surface area contributed by atoms with E-state index in [0.717, 1.165) is 37.1 Å². The topological polar surface area (TPSA) is 22.0 Å². The van der Waals surface area contributed by atoms with Crippen LogP contribution < -0.4 is 5.56 Å². The summed E-state index contributed by atoms with van der Waals surface area (Å²) in [6.07, 6.45) is 1.29. The van der Waals surface area contributed by atoms with Gasteiger partial charge in [0.05, 0.1) is 12.1 Å². The second-order valence-electron chi connectivity index (χ2n) is 6.33. The molecule has 5 heteroatoms. The average molecular weight is 363 g/mol. The molecule has 0 N–H and O–H groups in total. The van der Waals surface area contributed by atoms with Crippen LogP contribution in [-0.4, -0.2) is 4.57 Å². The average Bonchev–Trinajstić information content (AvgIpc) is 2.60. The fourth-order valence-corrected chi connectivity index (χ4v) is 2.85. The van der Waals surface area contributed by atoms with Gasteiger partial charge in [-0.1, -0.05) is 63.1 Å². The Kier molecular flexibility index (Phi) is 6.83. The SMILES string of the molecule is CCC/C=C(\CCC)c1cc(C(F)(F)F)cn(Cc2ccccc2)c1=O. The zero-order valence-electron chi connectivity index (χ0n) is 15.1. The van der Waals surface area contributed by atoms with Crippen LogP contribution >= 0.6 is 0 Å². The summed E-state index contributed by atoms with van der Waals surface area (Å²) in [6.45, 7) is 4.07. The standard InChI is InChI=1S/C21H24F3NO/c1-3-5-12-17(9-4-2)19-13-18(21(22,23)24)15-25(20(19)26)14-16-10-7-6-8-11-16/h6-8,10-13,15H,3-5,9,14H2,1-2H3/b17-12+. The van der Waals surface area contributed by atoms with Crippen LogP contribution in [0.2, 0.25) is 0 Å². The molecule has 0 saturated carbocycles. The summed E-state index contributed by atoms with van der Waals surface area (Å²) < 4.78 is 41.3.